The van der Waals surface area contributed by atoms with Crippen LogP contribution in [-0.4, -0.2) is 11.5 Å². The van der Waals surface area contributed by atoms with Crippen LogP contribution in [0.2, 0.25) is 0 Å². The molecule has 0 radical (unpaired) electrons. The van der Waals surface area contributed by atoms with Gasteiger partial charge in [-0.3, -0.25) is 0 Å². The van der Waals surface area contributed by atoms with E-state index in [-0.39, 0.29) is 0 Å². The maximum absolute atomic E-state index is 2.45. The third kappa shape index (κ3) is 1.39. The third-order valence-electron chi connectivity index (χ3n) is 3.98. The number of aryl methyl sites for hydroxylation is 1. The van der Waals surface area contributed by atoms with Gasteiger partial charge in [-0.2, -0.15) is 0 Å². The normalized spacial score (nSPS) is 25.6. The van der Waals surface area contributed by atoms with E-state index in [1.165, 1.54) is 24.3 Å². The Morgan fingerprint density at radius 3 is 2.50 bits per heavy atom. The summed E-state index contributed by atoms with van der Waals surface area (Å²) in [5, 5.41) is 0. The second-order valence-electron chi connectivity index (χ2n) is 5.35. The molecule has 0 nitrogen and oxygen atoms in total. The molecule has 1 aliphatic heterocycles. The molecule has 1 saturated heterocycles. The summed E-state index contributed by atoms with van der Waals surface area (Å²) in [5.74, 6) is 2.62. The van der Waals surface area contributed by atoms with Gasteiger partial charge in [0.1, 0.15) is 0 Å². The largest absolute Gasteiger partial charge is 0.138 e. The standard InChI is InChI=1S/C14H18S2/c1-13(2)8-7-11-5-3-4-6-12(11)14(13)15-9-10-16-14/h3-6H,7-10H2,1-2H3. The molecule has 0 amide bonds. The fraction of sp³-hybridized carbons (Fsp3) is 0.571. The molecule has 86 valence electrons. The van der Waals surface area contributed by atoms with Crippen LogP contribution in [0.1, 0.15) is 31.4 Å². The van der Waals surface area contributed by atoms with Crippen LogP contribution < -0.4 is 0 Å². The molecule has 1 aromatic carbocycles. The molecule has 1 spiro atoms. The summed E-state index contributed by atoms with van der Waals surface area (Å²) in [5.41, 5.74) is 3.62. The molecular formula is C14H18S2. The van der Waals surface area contributed by atoms with Crippen LogP contribution in [0, 0.1) is 5.41 Å². The van der Waals surface area contributed by atoms with Crippen LogP contribution in [0.25, 0.3) is 0 Å². The fourth-order valence-electron chi connectivity index (χ4n) is 2.99. The first-order valence-electron chi connectivity index (χ1n) is 6.02. The Bertz CT molecular complexity index is 403. The highest BCUT2D eigenvalue weighted by Crippen LogP contribution is 2.65. The summed E-state index contributed by atoms with van der Waals surface area (Å²) in [6.45, 7) is 4.91. The SMILES string of the molecule is CC1(C)CCc2ccccc2C12SCCS2. The minimum absolute atomic E-state index is 0.335. The number of hydrogen-bond donors (Lipinski definition) is 0. The second-order valence-corrected chi connectivity index (χ2v) is 8.23. The van der Waals surface area contributed by atoms with Crippen molar-refractivity contribution in [2.45, 2.75) is 30.8 Å². The van der Waals surface area contributed by atoms with Crippen molar-refractivity contribution < 1.29 is 0 Å². The highest BCUT2D eigenvalue weighted by atomic mass is 32.2. The van der Waals surface area contributed by atoms with E-state index >= 15 is 0 Å². The highest BCUT2D eigenvalue weighted by Gasteiger charge is 2.52. The van der Waals surface area contributed by atoms with E-state index in [0.717, 1.165) is 0 Å². The Balaban J connectivity index is 2.18. The number of hydrogen-bond acceptors (Lipinski definition) is 2. The van der Waals surface area contributed by atoms with Gasteiger partial charge in [0.05, 0.1) is 4.08 Å². The molecule has 16 heavy (non-hydrogen) atoms. The van der Waals surface area contributed by atoms with Crippen molar-refractivity contribution >= 4 is 23.5 Å². The summed E-state index contributed by atoms with van der Waals surface area (Å²) in [7, 11) is 0. The van der Waals surface area contributed by atoms with Gasteiger partial charge in [0, 0.05) is 11.5 Å². The summed E-state index contributed by atoms with van der Waals surface area (Å²) in [4.78, 5) is 0. The van der Waals surface area contributed by atoms with E-state index in [4.69, 9.17) is 0 Å². The minimum Gasteiger partial charge on any atom is -0.138 e. The molecule has 3 rings (SSSR count). The smallest absolute Gasteiger partial charge is 0.0914 e. The third-order valence-corrected chi connectivity index (χ3v) is 8.12. The number of rotatable bonds is 0. The Hall–Kier alpha value is -0.0800. The summed E-state index contributed by atoms with van der Waals surface area (Å²) in [6.07, 6.45) is 2.58. The topological polar surface area (TPSA) is 0 Å². The zero-order valence-corrected chi connectivity index (χ0v) is 11.6. The van der Waals surface area contributed by atoms with Crippen molar-refractivity contribution in [1.29, 1.82) is 0 Å². The summed E-state index contributed by atoms with van der Waals surface area (Å²) >= 11 is 4.36. The van der Waals surface area contributed by atoms with Gasteiger partial charge in [-0.1, -0.05) is 38.1 Å². The van der Waals surface area contributed by atoms with Crippen LogP contribution in [0.5, 0.6) is 0 Å². The molecule has 1 aliphatic carbocycles. The van der Waals surface area contributed by atoms with Gasteiger partial charge in [-0.15, -0.1) is 23.5 Å². The Labute approximate surface area is 107 Å². The molecule has 1 fully saturated rings. The van der Waals surface area contributed by atoms with Crippen molar-refractivity contribution in [3.8, 4) is 0 Å². The predicted molar refractivity (Wildman–Crippen MR) is 75.1 cm³/mol. The lowest BCUT2D eigenvalue weighted by Crippen LogP contribution is -2.39. The number of fused-ring (bicyclic) bond motifs is 2. The van der Waals surface area contributed by atoms with Crippen molar-refractivity contribution in [2.75, 3.05) is 11.5 Å². The van der Waals surface area contributed by atoms with Gasteiger partial charge in [0.15, 0.2) is 0 Å². The van der Waals surface area contributed by atoms with Crippen molar-refractivity contribution in [1.82, 2.24) is 0 Å². The molecule has 0 aromatic heterocycles. The van der Waals surface area contributed by atoms with E-state index in [1.54, 1.807) is 11.1 Å². The molecular weight excluding hydrogens is 232 g/mol. The summed E-state index contributed by atoms with van der Waals surface area (Å²) in [6, 6.07) is 9.09. The zero-order valence-electron chi connectivity index (χ0n) is 9.95. The molecule has 0 atom stereocenters. The second kappa shape index (κ2) is 3.71. The van der Waals surface area contributed by atoms with Crippen molar-refractivity contribution in [2.24, 2.45) is 5.41 Å². The average Bonchev–Trinajstić information content (AvgIpc) is 2.76. The Morgan fingerprint density at radius 1 is 1.06 bits per heavy atom. The molecule has 2 aliphatic rings. The van der Waals surface area contributed by atoms with Crippen molar-refractivity contribution in [3.05, 3.63) is 35.4 Å². The van der Waals surface area contributed by atoms with Crippen LogP contribution in [0.15, 0.2) is 24.3 Å². The molecule has 0 unspecified atom stereocenters. The van der Waals surface area contributed by atoms with Gasteiger partial charge in [-0.05, 0) is 29.4 Å². The highest BCUT2D eigenvalue weighted by molar-refractivity contribution is 8.20. The maximum Gasteiger partial charge on any atom is 0.0914 e. The van der Waals surface area contributed by atoms with Gasteiger partial charge >= 0.3 is 0 Å². The quantitative estimate of drug-likeness (QED) is 0.673. The van der Waals surface area contributed by atoms with Gasteiger partial charge in [0.25, 0.3) is 0 Å². The fourth-order valence-corrected chi connectivity index (χ4v) is 6.76. The van der Waals surface area contributed by atoms with Crippen molar-refractivity contribution in [3.63, 3.8) is 0 Å². The van der Waals surface area contributed by atoms with E-state index in [2.05, 4.69) is 61.6 Å². The van der Waals surface area contributed by atoms with Gasteiger partial charge in [0.2, 0.25) is 0 Å². The van der Waals surface area contributed by atoms with Crippen LogP contribution in [0.3, 0.4) is 0 Å². The van der Waals surface area contributed by atoms with Crippen LogP contribution >= 0.6 is 23.5 Å². The van der Waals surface area contributed by atoms with Gasteiger partial charge < -0.3 is 0 Å². The van der Waals surface area contributed by atoms with E-state index < -0.39 is 0 Å². The number of benzene rings is 1. The first-order valence-corrected chi connectivity index (χ1v) is 7.99. The molecule has 0 N–H and O–H groups in total. The average molecular weight is 250 g/mol. The maximum atomic E-state index is 2.45. The molecule has 1 heterocycles. The Morgan fingerprint density at radius 2 is 1.75 bits per heavy atom. The molecule has 2 heteroatoms. The van der Waals surface area contributed by atoms with Gasteiger partial charge in [-0.25, -0.2) is 0 Å². The monoisotopic (exact) mass is 250 g/mol. The zero-order chi connectivity index (χ0) is 11.2. The molecule has 0 bridgehead atoms. The lowest BCUT2D eigenvalue weighted by atomic mass is 9.73. The van der Waals surface area contributed by atoms with E-state index in [1.807, 2.05) is 0 Å². The molecule has 0 saturated carbocycles. The number of thioether (sulfide) groups is 2. The predicted octanol–water partition coefficient (Wildman–Crippen LogP) is 4.29. The van der Waals surface area contributed by atoms with E-state index in [0.29, 0.717) is 9.49 Å². The molecule has 1 aromatic rings. The van der Waals surface area contributed by atoms with Crippen LogP contribution in [-0.2, 0) is 10.5 Å². The first kappa shape index (κ1) is 11.0. The lowest BCUT2D eigenvalue weighted by Gasteiger charge is -2.47. The first-order chi connectivity index (χ1) is 7.66. The Kier molecular flexibility index (Phi) is 2.56. The minimum atomic E-state index is 0.335. The lowest BCUT2D eigenvalue weighted by molar-refractivity contribution is 0.286. The van der Waals surface area contributed by atoms with E-state index in [9.17, 15) is 0 Å². The van der Waals surface area contributed by atoms with Crippen LogP contribution in [0.4, 0.5) is 0 Å². The summed E-state index contributed by atoms with van der Waals surface area (Å²) < 4.78 is 0.335.